The van der Waals surface area contributed by atoms with Crippen LogP contribution in [0.1, 0.15) is 39.4 Å². The Morgan fingerprint density at radius 3 is 2.61 bits per heavy atom. The van der Waals surface area contributed by atoms with Gasteiger partial charge >= 0.3 is 5.97 Å². The predicted octanol–water partition coefficient (Wildman–Crippen LogP) is 1.73. The van der Waals surface area contributed by atoms with Crippen LogP contribution in [0.25, 0.3) is 0 Å². The van der Waals surface area contributed by atoms with Gasteiger partial charge in [0.2, 0.25) is 11.5 Å². The summed E-state index contributed by atoms with van der Waals surface area (Å²) in [6, 6.07) is 4.26. The SMILES string of the molecule is CCn1nc(C)cc1C(=O)c1ccc(C(=O)O)o1. The minimum Gasteiger partial charge on any atom is -0.475 e. The first-order valence-corrected chi connectivity index (χ1v) is 5.45. The molecule has 0 atom stereocenters. The Labute approximate surface area is 103 Å². The number of carbonyl (C=O) groups is 2. The Morgan fingerprint density at radius 2 is 2.06 bits per heavy atom. The summed E-state index contributed by atoms with van der Waals surface area (Å²) in [5, 5.41) is 12.9. The number of carboxylic acid groups (broad SMARTS) is 1. The fourth-order valence-corrected chi connectivity index (χ4v) is 1.67. The molecule has 0 bridgehead atoms. The van der Waals surface area contributed by atoms with E-state index in [4.69, 9.17) is 9.52 Å². The Bertz CT molecular complexity index is 609. The third-order valence-electron chi connectivity index (χ3n) is 2.47. The Balaban J connectivity index is 2.37. The molecular weight excluding hydrogens is 236 g/mol. The lowest BCUT2D eigenvalue weighted by Gasteiger charge is -2.00. The average Bonchev–Trinajstić information content (AvgIpc) is 2.94. The standard InChI is InChI=1S/C12H12N2O4/c1-3-14-8(6-7(2)13-14)11(15)9-4-5-10(18-9)12(16)17/h4-6H,3H2,1-2H3,(H,16,17). The second kappa shape index (κ2) is 4.48. The molecule has 18 heavy (non-hydrogen) atoms. The number of rotatable bonds is 4. The molecule has 0 aliphatic rings. The van der Waals surface area contributed by atoms with Crippen LogP contribution in [-0.4, -0.2) is 26.6 Å². The molecule has 0 aliphatic heterocycles. The maximum absolute atomic E-state index is 12.1. The molecular formula is C12H12N2O4. The maximum Gasteiger partial charge on any atom is 0.371 e. The molecule has 2 aromatic heterocycles. The first kappa shape index (κ1) is 12.1. The van der Waals surface area contributed by atoms with E-state index in [2.05, 4.69) is 5.10 Å². The first-order chi connectivity index (χ1) is 8.52. The Hall–Kier alpha value is -2.37. The number of carboxylic acids is 1. The molecule has 0 saturated heterocycles. The molecule has 0 unspecified atom stereocenters. The highest BCUT2D eigenvalue weighted by molar-refractivity contribution is 6.06. The van der Waals surface area contributed by atoms with Gasteiger partial charge in [-0.15, -0.1) is 0 Å². The maximum atomic E-state index is 12.1. The van der Waals surface area contributed by atoms with Crippen molar-refractivity contribution in [3.8, 4) is 0 Å². The molecule has 0 spiro atoms. The lowest BCUT2D eigenvalue weighted by Crippen LogP contribution is -2.09. The highest BCUT2D eigenvalue weighted by atomic mass is 16.4. The van der Waals surface area contributed by atoms with E-state index in [1.54, 1.807) is 17.7 Å². The van der Waals surface area contributed by atoms with Crippen molar-refractivity contribution in [3.63, 3.8) is 0 Å². The van der Waals surface area contributed by atoms with Gasteiger partial charge in [-0.1, -0.05) is 0 Å². The molecule has 2 heterocycles. The van der Waals surface area contributed by atoms with Crippen molar-refractivity contribution in [2.45, 2.75) is 20.4 Å². The number of aromatic carboxylic acids is 1. The highest BCUT2D eigenvalue weighted by Gasteiger charge is 2.20. The second-order valence-electron chi connectivity index (χ2n) is 3.78. The molecule has 2 rings (SSSR count). The quantitative estimate of drug-likeness (QED) is 0.833. The molecule has 0 aliphatic carbocycles. The molecule has 0 aromatic carbocycles. The van der Waals surface area contributed by atoms with Gasteiger partial charge in [0, 0.05) is 6.54 Å². The summed E-state index contributed by atoms with van der Waals surface area (Å²) in [5.41, 5.74) is 1.12. The van der Waals surface area contributed by atoms with Gasteiger partial charge in [0.25, 0.3) is 0 Å². The van der Waals surface area contributed by atoms with Crippen molar-refractivity contribution >= 4 is 11.8 Å². The second-order valence-corrected chi connectivity index (χ2v) is 3.78. The minimum atomic E-state index is -1.20. The number of furan rings is 1. The van der Waals surface area contributed by atoms with Gasteiger partial charge in [-0.05, 0) is 32.0 Å². The third-order valence-corrected chi connectivity index (χ3v) is 2.47. The predicted molar refractivity (Wildman–Crippen MR) is 61.7 cm³/mol. The number of hydrogen-bond acceptors (Lipinski definition) is 4. The van der Waals surface area contributed by atoms with E-state index in [1.165, 1.54) is 12.1 Å². The van der Waals surface area contributed by atoms with Gasteiger partial charge < -0.3 is 9.52 Å². The number of hydrogen-bond donors (Lipinski definition) is 1. The van der Waals surface area contributed by atoms with Gasteiger partial charge in [-0.2, -0.15) is 5.10 Å². The summed E-state index contributed by atoms with van der Waals surface area (Å²) in [4.78, 5) is 22.8. The number of aromatic nitrogens is 2. The van der Waals surface area contributed by atoms with Gasteiger partial charge in [0.05, 0.1) is 5.69 Å². The van der Waals surface area contributed by atoms with Gasteiger partial charge in [0.15, 0.2) is 5.76 Å². The molecule has 6 nitrogen and oxygen atoms in total. The van der Waals surface area contributed by atoms with E-state index in [9.17, 15) is 9.59 Å². The summed E-state index contributed by atoms with van der Waals surface area (Å²) in [6.07, 6.45) is 0. The van der Waals surface area contributed by atoms with Crippen molar-refractivity contribution in [3.05, 3.63) is 41.1 Å². The average molecular weight is 248 g/mol. The lowest BCUT2D eigenvalue weighted by atomic mass is 10.2. The number of carbonyl (C=O) groups excluding carboxylic acids is 1. The van der Waals surface area contributed by atoms with Crippen LogP contribution in [0.5, 0.6) is 0 Å². The van der Waals surface area contributed by atoms with E-state index >= 15 is 0 Å². The minimum absolute atomic E-state index is 0.00185. The topological polar surface area (TPSA) is 85.3 Å². The van der Waals surface area contributed by atoms with Crippen LogP contribution in [-0.2, 0) is 6.54 Å². The van der Waals surface area contributed by atoms with E-state index in [0.717, 1.165) is 5.69 Å². The molecule has 1 N–H and O–H groups in total. The van der Waals surface area contributed by atoms with Crippen molar-refractivity contribution < 1.29 is 19.1 Å². The molecule has 0 amide bonds. The monoisotopic (exact) mass is 248 g/mol. The lowest BCUT2D eigenvalue weighted by molar-refractivity contribution is 0.0660. The van der Waals surface area contributed by atoms with Crippen LogP contribution < -0.4 is 0 Å². The van der Waals surface area contributed by atoms with Crippen LogP contribution in [0.15, 0.2) is 22.6 Å². The van der Waals surface area contributed by atoms with Crippen LogP contribution in [0, 0.1) is 6.92 Å². The van der Waals surface area contributed by atoms with Gasteiger partial charge in [0.1, 0.15) is 5.69 Å². The molecule has 0 radical (unpaired) electrons. The number of aryl methyl sites for hydroxylation is 2. The zero-order chi connectivity index (χ0) is 13.3. The molecule has 94 valence electrons. The van der Waals surface area contributed by atoms with Gasteiger partial charge in [-0.25, -0.2) is 4.79 Å². The Morgan fingerprint density at radius 1 is 1.39 bits per heavy atom. The van der Waals surface area contributed by atoms with E-state index in [0.29, 0.717) is 12.2 Å². The molecule has 0 saturated carbocycles. The fourth-order valence-electron chi connectivity index (χ4n) is 1.67. The number of ketones is 1. The molecule has 2 aromatic rings. The zero-order valence-electron chi connectivity index (χ0n) is 10.0. The van der Waals surface area contributed by atoms with E-state index < -0.39 is 5.97 Å². The summed E-state index contributed by atoms with van der Waals surface area (Å²) >= 11 is 0. The van der Waals surface area contributed by atoms with Gasteiger partial charge in [-0.3, -0.25) is 9.48 Å². The normalized spacial score (nSPS) is 10.6. The van der Waals surface area contributed by atoms with Crippen molar-refractivity contribution in [1.29, 1.82) is 0 Å². The van der Waals surface area contributed by atoms with Crippen molar-refractivity contribution in [2.24, 2.45) is 0 Å². The van der Waals surface area contributed by atoms with Crippen LogP contribution in [0.3, 0.4) is 0 Å². The summed E-state index contributed by atoms with van der Waals surface area (Å²) in [6.45, 7) is 4.21. The summed E-state index contributed by atoms with van der Waals surface area (Å²) in [5.74, 6) is -1.82. The zero-order valence-corrected chi connectivity index (χ0v) is 10.0. The van der Waals surface area contributed by atoms with E-state index in [1.807, 2.05) is 6.92 Å². The fraction of sp³-hybridized carbons (Fsp3) is 0.250. The first-order valence-electron chi connectivity index (χ1n) is 5.45. The highest BCUT2D eigenvalue weighted by Crippen LogP contribution is 2.14. The van der Waals surface area contributed by atoms with Crippen LogP contribution in [0.4, 0.5) is 0 Å². The summed E-state index contributed by atoms with van der Waals surface area (Å²) in [7, 11) is 0. The van der Waals surface area contributed by atoms with E-state index in [-0.39, 0.29) is 17.3 Å². The van der Waals surface area contributed by atoms with Crippen LogP contribution in [0.2, 0.25) is 0 Å². The van der Waals surface area contributed by atoms with Crippen LogP contribution >= 0.6 is 0 Å². The third kappa shape index (κ3) is 2.04. The smallest absolute Gasteiger partial charge is 0.371 e. The largest absolute Gasteiger partial charge is 0.475 e. The molecule has 6 heteroatoms. The Kier molecular flexibility index (Phi) is 3.01. The molecule has 0 fully saturated rings. The van der Waals surface area contributed by atoms with Crippen molar-refractivity contribution in [2.75, 3.05) is 0 Å². The number of nitrogens with zero attached hydrogens (tertiary/aromatic N) is 2. The van der Waals surface area contributed by atoms with Crippen molar-refractivity contribution in [1.82, 2.24) is 9.78 Å². The summed E-state index contributed by atoms with van der Waals surface area (Å²) < 4.78 is 6.54.